The van der Waals surface area contributed by atoms with E-state index in [1.54, 1.807) is 0 Å². The minimum absolute atomic E-state index is 0.197. The van der Waals surface area contributed by atoms with E-state index in [1.165, 1.54) is 5.56 Å². The minimum Gasteiger partial charge on any atom is -0.462 e. The fourth-order valence-corrected chi connectivity index (χ4v) is 1.97. The van der Waals surface area contributed by atoms with Crippen molar-refractivity contribution >= 4 is 11.7 Å². The van der Waals surface area contributed by atoms with Crippen LogP contribution in [0.3, 0.4) is 0 Å². The standard InChI is InChI=1S/C15H21NO2/c1-15(2,3)7-9-18-14(17)12-4-5-13-11(10-12)6-8-16-13/h4-5,10,16H,6-9H2,1-3H3. The fraction of sp³-hybridized carbons (Fsp3) is 0.533. The first-order chi connectivity index (χ1) is 8.46. The smallest absolute Gasteiger partial charge is 0.338 e. The number of nitrogens with one attached hydrogen (secondary N) is 1. The van der Waals surface area contributed by atoms with Gasteiger partial charge in [0, 0.05) is 12.2 Å². The Morgan fingerprint density at radius 3 is 2.89 bits per heavy atom. The summed E-state index contributed by atoms with van der Waals surface area (Å²) in [6.45, 7) is 7.86. The van der Waals surface area contributed by atoms with Gasteiger partial charge in [0.05, 0.1) is 12.2 Å². The largest absolute Gasteiger partial charge is 0.462 e. The van der Waals surface area contributed by atoms with Crippen molar-refractivity contribution in [3.05, 3.63) is 29.3 Å². The van der Waals surface area contributed by atoms with Gasteiger partial charge in [-0.2, -0.15) is 0 Å². The molecule has 1 heterocycles. The number of ether oxygens (including phenoxy) is 1. The van der Waals surface area contributed by atoms with Crippen molar-refractivity contribution in [1.29, 1.82) is 0 Å². The molecule has 98 valence electrons. The minimum atomic E-state index is -0.214. The normalized spacial score (nSPS) is 13.9. The van der Waals surface area contributed by atoms with Crippen LogP contribution in [0.5, 0.6) is 0 Å². The SMILES string of the molecule is CC(C)(C)CCOC(=O)c1ccc2c(c1)CCN2. The first kappa shape index (κ1) is 12.9. The molecule has 0 spiro atoms. The van der Waals surface area contributed by atoms with Crippen molar-refractivity contribution in [3.8, 4) is 0 Å². The van der Waals surface area contributed by atoms with Crippen molar-refractivity contribution in [3.63, 3.8) is 0 Å². The topological polar surface area (TPSA) is 38.3 Å². The lowest BCUT2D eigenvalue weighted by molar-refractivity contribution is 0.0465. The Morgan fingerprint density at radius 1 is 1.39 bits per heavy atom. The Balaban J connectivity index is 1.93. The summed E-state index contributed by atoms with van der Waals surface area (Å²) in [4.78, 5) is 11.9. The summed E-state index contributed by atoms with van der Waals surface area (Å²) in [5, 5.41) is 3.28. The summed E-state index contributed by atoms with van der Waals surface area (Å²) < 4.78 is 5.30. The van der Waals surface area contributed by atoms with Crippen molar-refractivity contribution in [2.45, 2.75) is 33.6 Å². The van der Waals surface area contributed by atoms with Crippen LogP contribution >= 0.6 is 0 Å². The van der Waals surface area contributed by atoms with Crippen molar-refractivity contribution < 1.29 is 9.53 Å². The van der Waals surface area contributed by atoms with Gasteiger partial charge in [0.1, 0.15) is 0 Å². The number of carbonyl (C=O) groups excluding carboxylic acids is 1. The quantitative estimate of drug-likeness (QED) is 0.833. The summed E-state index contributed by atoms with van der Waals surface area (Å²) >= 11 is 0. The molecular formula is C15H21NO2. The molecule has 0 bridgehead atoms. The summed E-state index contributed by atoms with van der Waals surface area (Å²) in [6, 6.07) is 5.73. The zero-order valence-corrected chi connectivity index (χ0v) is 11.4. The summed E-state index contributed by atoms with van der Waals surface area (Å²) in [5.41, 5.74) is 3.20. The predicted molar refractivity (Wildman–Crippen MR) is 73.0 cm³/mol. The molecule has 3 nitrogen and oxygen atoms in total. The highest BCUT2D eigenvalue weighted by Gasteiger charge is 2.15. The first-order valence-electron chi connectivity index (χ1n) is 6.50. The lowest BCUT2D eigenvalue weighted by Gasteiger charge is -2.17. The van der Waals surface area contributed by atoms with Crippen molar-refractivity contribution in [2.75, 3.05) is 18.5 Å². The molecule has 0 unspecified atom stereocenters. The van der Waals surface area contributed by atoms with Gasteiger partial charge < -0.3 is 10.1 Å². The van der Waals surface area contributed by atoms with Crippen molar-refractivity contribution in [1.82, 2.24) is 0 Å². The van der Waals surface area contributed by atoms with Crippen molar-refractivity contribution in [2.24, 2.45) is 5.41 Å². The second-order valence-electron chi connectivity index (χ2n) is 6.00. The van der Waals surface area contributed by atoms with Gasteiger partial charge in [0.25, 0.3) is 0 Å². The highest BCUT2D eigenvalue weighted by Crippen LogP contribution is 2.23. The van der Waals surface area contributed by atoms with Gasteiger partial charge in [0.15, 0.2) is 0 Å². The Hall–Kier alpha value is -1.51. The number of carbonyl (C=O) groups is 1. The third-order valence-corrected chi connectivity index (χ3v) is 3.14. The zero-order valence-electron chi connectivity index (χ0n) is 11.4. The van der Waals surface area contributed by atoms with Gasteiger partial charge >= 0.3 is 5.97 Å². The third kappa shape index (κ3) is 3.25. The molecule has 1 aliphatic heterocycles. The lowest BCUT2D eigenvalue weighted by atomic mass is 9.93. The molecule has 0 amide bonds. The molecule has 0 saturated carbocycles. The maximum atomic E-state index is 11.9. The molecule has 0 atom stereocenters. The van der Waals surface area contributed by atoms with Crippen LogP contribution in [0, 0.1) is 5.41 Å². The third-order valence-electron chi connectivity index (χ3n) is 3.14. The Labute approximate surface area is 109 Å². The van der Waals surface area contributed by atoms with Gasteiger partial charge in [-0.15, -0.1) is 0 Å². The first-order valence-corrected chi connectivity index (χ1v) is 6.50. The fourth-order valence-electron chi connectivity index (χ4n) is 1.97. The van der Waals surface area contributed by atoms with Crippen LogP contribution in [-0.4, -0.2) is 19.1 Å². The molecule has 0 radical (unpaired) electrons. The highest BCUT2D eigenvalue weighted by atomic mass is 16.5. The van der Waals surface area contributed by atoms with E-state index < -0.39 is 0 Å². The number of hydrogen-bond donors (Lipinski definition) is 1. The number of hydrogen-bond acceptors (Lipinski definition) is 3. The molecule has 1 aromatic rings. The van der Waals surface area contributed by atoms with Gasteiger partial charge in [-0.25, -0.2) is 4.79 Å². The molecule has 0 saturated heterocycles. The van der Waals surface area contributed by atoms with Crippen LogP contribution in [0.15, 0.2) is 18.2 Å². The maximum Gasteiger partial charge on any atom is 0.338 e. The van der Waals surface area contributed by atoms with E-state index in [0.29, 0.717) is 12.2 Å². The molecule has 3 heteroatoms. The molecule has 0 aromatic heterocycles. The molecule has 1 aliphatic rings. The maximum absolute atomic E-state index is 11.9. The van der Waals surface area contributed by atoms with Crippen LogP contribution in [0.4, 0.5) is 5.69 Å². The zero-order chi connectivity index (χ0) is 13.2. The van der Waals surface area contributed by atoms with E-state index >= 15 is 0 Å². The molecule has 18 heavy (non-hydrogen) atoms. The van der Waals surface area contributed by atoms with Crippen LogP contribution in [0.25, 0.3) is 0 Å². The van der Waals surface area contributed by atoms with E-state index in [4.69, 9.17) is 4.74 Å². The molecular weight excluding hydrogens is 226 g/mol. The van der Waals surface area contributed by atoms with Gasteiger partial charge in [0.2, 0.25) is 0 Å². The molecule has 0 fully saturated rings. The Kier molecular flexibility index (Phi) is 3.60. The number of esters is 1. The molecule has 2 rings (SSSR count). The Morgan fingerprint density at radius 2 is 2.17 bits per heavy atom. The summed E-state index contributed by atoms with van der Waals surface area (Å²) in [5.74, 6) is -0.214. The van der Waals surface area contributed by atoms with Crippen LogP contribution in [0.2, 0.25) is 0 Å². The molecule has 1 aromatic carbocycles. The number of benzene rings is 1. The Bertz CT molecular complexity index is 446. The predicted octanol–water partition coefficient (Wildman–Crippen LogP) is 3.25. The molecule has 1 N–H and O–H groups in total. The second kappa shape index (κ2) is 5.01. The van der Waals surface area contributed by atoms with E-state index in [0.717, 1.165) is 25.1 Å². The highest BCUT2D eigenvalue weighted by molar-refractivity contribution is 5.90. The lowest BCUT2D eigenvalue weighted by Crippen LogP contribution is -2.13. The van der Waals surface area contributed by atoms with E-state index in [2.05, 4.69) is 26.1 Å². The summed E-state index contributed by atoms with van der Waals surface area (Å²) in [7, 11) is 0. The number of fused-ring (bicyclic) bond motifs is 1. The van der Waals surface area contributed by atoms with E-state index in [-0.39, 0.29) is 11.4 Å². The van der Waals surface area contributed by atoms with E-state index in [9.17, 15) is 4.79 Å². The number of anilines is 1. The van der Waals surface area contributed by atoms with Gasteiger partial charge in [-0.3, -0.25) is 0 Å². The number of rotatable bonds is 3. The average Bonchev–Trinajstić information content (AvgIpc) is 2.73. The summed E-state index contributed by atoms with van der Waals surface area (Å²) in [6.07, 6.45) is 1.86. The monoisotopic (exact) mass is 247 g/mol. The average molecular weight is 247 g/mol. The van der Waals surface area contributed by atoms with Gasteiger partial charge in [-0.05, 0) is 42.0 Å². The molecule has 0 aliphatic carbocycles. The van der Waals surface area contributed by atoms with Crippen LogP contribution in [0.1, 0.15) is 43.1 Å². The van der Waals surface area contributed by atoms with Crippen LogP contribution < -0.4 is 5.32 Å². The van der Waals surface area contributed by atoms with Crippen LogP contribution in [-0.2, 0) is 11.2 Å². The van der Waals surface area contributed by atoms with Gasteiger partial charge in [-0.1, -0.05) is 20.8 Å². The van der Waals surface area contributed by atoms with E-state index in [1.807, 2.05) is 18.2 Å². The second-order valence-corrected chi connectivity index (χ2v) is 6.00.